The predicted octanol–water partition coefficient (Wildman–Crippen LogP) is 2.37. The second kappa shape index (κ2) is 6.38. The Morgan fingerprint density at radius 3 is 2.50 bits per heavy atom. The Hall–Kier alpha value is -0.0900. The Morgan fingerprint density at radius 1 is 1.22 bits per heavy atom. The van der Waals surface area contributed by atoms with E-state index in [2.05, 4.69) is 12.2 Å². The van der Waals surface area contributed by atoms with Crippen molar-refractivity contribution in [2.75, 3.05) is 18.1 Å². The van der Waals surface area contributed by atoms with Crippen LogP contribution in [0.2, 0.25) is 0 Å². The van der Waals surface area contributed by atoms with Gasteiger partial charge >= 0.3 is 0 Å². The predicted molar refractivity (Wildman–Crippen MR) is 75.4 cm³/mol. The molecule has 0 radical (unpaired) electrons. The molecule has 0 bridgehead atoms. The van der Waals surface area contributed by atoms with Gasteiger partial charge in [0.2, 0.25) is 0 Å². The van der Waals surface area contributed by atoms with E-state index < -0.39 is 9.84 Å². The molecule has 3 nitrogen and oxygen atoms in total. The fourth-order valence-corrected chi connectivity index (χ4v) is 5.40. The maximum Gasteiger partial charge on any atom is 0.150 e. The summed E-state index contributed by atoms with van der Waals surface area (Å²) in [6.07, 6.45) is 8.63. The highest BCUT2D eigenvalue weighted by atomic mass is 32.2. The normalized spacial score (nSPS) is 29.7. The number of hydrogen-bond acceptors (Lipinski definition) is 3. The molecule has 18 heavy (non-hydrogen) atoms. The SMILES string of the molecule is CCCNC(CC1CCCC1)C1CCS(=O)(=O)C1. The van der Waals surface area contributed by atoms with Gasteiger partial charge in [-0.2, -0.15) is 0 Å². The summed E-state index contributed by atoms with van der Waals surface area (Å²) in [6, 6.07) is 0.435. The molecule has 1 aliphatic carbocycles. The molecular formula is C14H27NO2S. The summed E-state index contributed by atoms with van der Waals surface area (Å²) in [5.41, 5.74) is 0. The van der Waals surface area contributed by atoms with Crippen LogP contribution in [0.25, 0.3) is 0 Å². The molecule has 0 aromatic rings. The molecule has 0 spiro atoms. The first-order chi connectivity index (χ1) is 8.61. The summed E-state index contributed by atoms with van der Waals surface area (Å²) in [5.74, 6) is 2.03. The van der Waals surface area contributed by atoms with Crippen molar-refractivity contribution in [3.05, 3.63) is 0 Å². The van der Waals surface area contributed by atoms with E-state index in [4.69, 9.17) is 0 Å². The van der Waals surface area contributed by atoms with Gasteiger partial charge in [0.25, 0.3) is 0 Å². The Labute approximate surface area is 112 Å². The van der Waals surface area contributed by atoms with Gasteiger partial charge in [-0.25, -0.2) is 8.42 Å². The summed E-state index contributed by atoms with van der Waals surface area (Å²) < 4.78 is 23.3. The highest BCUT2D eigenvalue weighted by Crippen LogP contribution is 2.32. The van der Waals surface area contributed by atoms with E-state index in [1.54, 1.807) is 0 Å². The van der Waals surface area contributed by atoms with Crippen LogP contribution in [-0.4, -0.2) is 32.5 Å². The number of sulfone groups is 1. The number of rotatable bonds is 6. The first-order valence-corrected chi connectivity index (χ1v) is 9.36. The van der Waals surface area contributed by atoms with E-state index in [9.17, 15) is 8.42 Å². The monoisotopic (exact) mass is 273 g/mol. The van der Waals surface area contributed by atoms with Crippen LogP contribution in [0.3, 0.4) is 0 Å². The molecule has 1 aliphatic heterocycles. The minimum absolute atomic E-state index is 0.363. The van der Waals surface area contributed by atoms with Gasteiger partial charge in [-0.3, -0.25) is 0 Å². The largest absolute Gasteiger partial charge is 0.314 e. The second-order valence-electron chi connectivity index (χ2n) is 6.11. The minimum Gasteiger partial charge on any atom is -0.314 e. The second-order valence-corrected chi connectivity index (χ2v) is 8.34. The van der Waals surface area contributed by atoms with Gasteiger partial charge in [0.1, 0.15) is 0 Å². The van der Waals surface area contributed by atoms with Crippen LogP contribution < -0.4 is 5.32 Å². The van der Waals surface area contributed by atoms with E-state index in [-0.39, 0.29) is 0 Å². The van der Waals surface area contributed by atoms with Crippen LogP contribution in [0.15, 0.2) is 0 Å². The first-order valence-electron chi connectivity index (χ1n) is 7.54. The Kier molecular flexibility index (Phi) is 5.07. The van der Waals surface area contributed by atoms with E-state index in [1.807, 2.05) is 0 Å². The molecule has 2 unspecified atom stereocenters. The maximum absolute atomic E-state index is 11.6. The lowest BCUT2D eigenvalue weighted by Crippen LogP contribution is -2.38. The molecule has 1 N–H and O–H groups in total. The quantitative estimate of drug-likeness (QED) is 0.808. The van der Waals surface area contributed by atoms with Crippen LogP contribution in [0.1, 0.15) is 51.9 Å². The molecule has 1 saturated carbocycles. The molecular weight excluding hydrogens is 246 g/mol. The van der Waals surface area contributed by atoms with Gasteiger partial charge in [0, 0.05) is 6.04 Å². The highest BCUT2D eigenvalue weighted by Gasteiger charge is 2.34. The van der Waals surface area contributed by atoms with Crippen LogP contribution in [0.5, 0.6) is 0 Å². The number of hydrogen-bond donors (Lipinski definition) is 1. The highest BCUT2D eigenvalue weighted by molar-refractivity contribution is 7.91. The molecule has 2 rings (SSSR count). The summed E-state index contributed by atoms with van der Waals surface area (Å²) >= 11 is 0. The smallest absolute Gasteiger partial charge is 0.150 e. The standard InChI is InChI=1S/C14H27NO2S/c1-2-8-15-14(10-12-5-3-4-6-12)13-7-9-18(16,17)11-13/h12-15H,2-11H2,1H3. The van der Waals surface area contributed by atoms with Gasteiger partial charge in [-0.15, -0.1) is 0 Å². The Balaban J connectivity index is 1.91. The van der Waals surface area contributed by atoms with Gasteiger partial charge in [0.15, 0.2) is 9.84 Å². The lowest BCUT2D eigenvalue weighted by molar-refractivity contribution is 0.310. The fraction of sp³-hybridized carbons (Fsp3) is 1.00. The summed E-state index contributed by atoms with van der Waals surface area (Å²) in [4.78, 5) is 0. The fourth-order valence-electron chi connectivity index (χ4n) is 3.52. The third-order valence-electron chi connectivity index (χ3n) is 4.56. The third-order valence-corrected chi connectivity index (χ3v) is 6.35. The average Bonchev–Trinajstić information content (AvgIpc) is 2.93. The Morgan fingerprint density at radius 2 is 1.94 bits per heavy atom. The van der Waals surface area contributed by atoms with Crippen molar-refractivity contribution in [3.63, 3.8) is 0 Å². The molecule has 0 amide bonds. The maximum atomic E-state index is 11.6. The topological polar surface area (TPSA) is 46.2 Å². The van der Waals surface area contributed by atoms with Crippen molar-refractivity contribution in [2.24, 2.45) is 11.8 Å². The molecule has 106 valence electrons. The van der Waals surface area contributed by atoms with Gasteiger partial charge in [-0.1, -0.05) is 32.6 Å². The Bertz CT molecular complexity index is 347. The summed E-state index contributed by atoms with van der Waals surface area (Å²) in [6.45, 7) is 3.19. The zero-order chi connectivity index (χ0) is 13.0. The summed E-state index contributed by atoms with van der Waals surface area (Å²) in [7, 11) is -2.74. The molecule has 0 aromatic heterocycles. The molecule has 0 aromatic carbocycles. The van der Waals surface area contributed by atoms with Crippen LogP contribution in [0.4, 0.5) is 0 Å². The van der Waals surface area contributed by atoms with Crippen LogP contribution in [0, 0.1) is 11.8 Å². The van der Waals surface area contributed by atoms with E-state index in [1.165, 1.54) is 32.1 Å². The van der Waals surface area contributed by atoms with Crippen LogP contribution >= 0.6 is 0 Å². The van der Waals surface area contributed by atoms with Crippen molar-refractivity contribution in [1.29, 1.82) is 0 Å². The minimum atomic E-state index is -2.74. The van der Waals surface area contributed by atoms with Gasteiger partial charge in [0.05, 0.1) is 11.5 Å². The molecule has 1 saturated heterocycles. The molecule has 2 aliphatic rings. The van der Waals surface area contributed by atoms with Gasteiger partial charge in [-0.05, 0) is 37.6 Å². The van der Waals surface area contributed by atoms with Crippen molar-refractivity contribution in [3.8, 4) is 0 Å². The molecule has 2 fully saturated rings. The van der Waals surface area contributed by atoms with Crippen LogP contribution in [-0.2, 0) is 9.84 Å². The summed E-state index contributed by atoms with van der Waals surface area (Å²) in [5, 5.41) is 3.61. The van der Waals surface area contributed by atoms with Gasteiger partial charge < -0.3 is 5.32 Å². The molecule has 2 atom stereocenters. The van der Waals surface area contributed by atoms with E-state index >= 15 is 0 Å². The zero-order valence-corrected chi connectivity index (χ0v) is 12.3. The lowest BCUT2D eigenvalue weighted by atomic mass is 9.89. The lowest BCUT2D eigenvalue weighted by Gasteiger charge is -2.26. The molecule has 4 heteroatoms. The van der Waals surface area contributed by atoms with Crippen molar-refractivity contribution < 1.29 is 8.42 Å². The number of nitrogens with one attached hydrogen (secondary N) is 1. The molecule has 1 heterocycles. The third kappa shape index (κ3) is 3.95. The average molecular weight is 273 g/mol. The van der Waals surface area contributed by atoms with E-state index in [0.29, 0.717) is 23.5 Å². The van der Waals surface area contributed by atoms with Crippen molar-refractivity contribution >= 4 is 9.84 Å². The van der Waals surface area contributed by atoms with Crippen molar-refractivity contribution in [2.45, 2.75) is 57.9 Å². The zero-order valence-electron chi connectivity index (χ0n) is 11.5. The first kappa shape index (κ1) is 14.3. The van der Waals surface area contributed by atoms with E-state index in [0.717, 1.165) is 25.3 Å². The van der Waals surface area contributed by atoms with Crippen molar-refractivity contribution in [1.82, 2.24) is 5.32 Å².